The summed E-state index contributed by atoms with van der Waals surface area (Å²) >= 11 is 12.7. The van der Waals surface area contributed by atoms with Crippen LogP contribution in [0.1, 0.15) is 5.56 Å². The van der Waals surface area contributed by atoms with Crippen molar-refractivity contribution in [2.75, 3.05) is 13.2 Å². The van der Waals surface area contributed by atoms with E-state index in [2.05, 4.69) is 10.3 Å². The van der Waals surface area contributed by atoms with Crippen molar-refractivity contribution in [2.45, 2.75) is 28.8 Å². The van der Waals surface area contributed by atoms with Crippen LogP contribution in [-0.4, -0.2) is 52.3 Å². The molecule has 1 aromatic carbocycles. The van der Waals surface area contributed by atoms with Crippen molar-refractivity contribution in [3.63, 3.8) is 0 Å². The molecular weight excluding hydrogens is 475 g/mol. The van der Waals surface area contributed by atoms with Crippen molar-refractivity contribution in [1.82, 2.24) is 10.3 Å². The Kier molecular flexibility index (Phi) is 8.34. The van der Waals surface area contributed by atoms with Gasteiger partial charge in [0.15, 0.2) is 6.29 Å². The van der Waals surface area contributed by atoms with E-state index in [0.29, 0.717) is 9.92 Å². The molecule has 0 spiro atoms. The third kappa shape index (κ3) is 6.19. The molecule has 0 aliphatic carbocycles. The van der Waals surface area contributed by atoms with Gasteiger partial charge < -0.3 is 30.7 Å². The Morgan fingerprint density at radius 2 is 1.90 bits per heavy atom. The Balaban J connectivity index is 1.70. The summed E-state index contributed by atoms with van der Waals surface area (Å²) in [6, 6.07) is 3.71. The Labute approximate surface area is 191 Å². The van der Waals surface area contributed by atoms with Crippen LogP contribution >= 0.6 is 35.0 Å². The molecule has 3 unspecified atom stereocenters. The fraction of sp³-hybridized carbons (Fsp3) is 0.316. The SMILES string of the molecule is N/C(=C\NC[C@@H]1OC(O)C(CO)OC1Sc1cncc(Cl)c1)c1cc(F)c(Cl)c(F)c1. The number of pyridine rings is 1. The maximum Gasteiger partial charge on any atom is 0.184 e. The lowest BCUT2D eigenvalue weighted by Crippen LogP contribution is -2.52. The van der Waals surface area contributed by atoms with Crippen molar-refractivity contribution in [1.29, 1.82) is 0 Å². The van der Waals surface area contributed by atoms with E-state index in [-0.39, 0.29) is 17.8 Å². The molecule has 0 bridgehead atoms. The molecule has 0 saturated carbocycles. The standard InChI is InChI=1S/C19H19Cl2F2N3O4S/c20-10-3-11(5-25-4-10)31-19-15(29-18(28)16(8-27)30-19)7-26-6-14(24)9-1-12(22)17(21)13(23)2-9/h1-6,15-16,18-19,26-28H,7-8,24H2/b14-6-/t15-,16?,18?,19?/m0/s1. The van der Waals surface area contributed by atoms with Gasteiger partial charge in [-0.2, -0.15) is 0 Å². The molecule has 0 amide bonds. The zero-order chi connectivity index (χ0) is 22.5. The molecule has 5 N–H and O–H groups in total. The molecule has 1 saturated heterocycles. The Bertz CT molecular complexity index is 933. The van der Waals surface area contributed by atoms with Crippen LogP contribution in [0.25, 0.3) is 5.70 Å². The number of nitrogens with two attached hydrogens (primary N) is 1. The number of nitrogens with zero attached hydrogens (tertiary/aromatic N) is 1. The lowest BCUT2D eigenvalue weighted by Gasteiger charge is -2.38. The fourth-order valence-corrected chi connectivity index (χ4v) is 4.16. The van der Waals surface area contributed by atoms with Crippen LogP contribution in [0.5, 0.6) is 0 Å². The molecule has 168 valence electrons. The highest BCUT2D eigenvalue weighted by atomic mass is 35.5. The molecule has 1 aliphatic heterocycles. The lowest BCUT2D eigenvalue weighted by atomic mass is 10.1. The molecule has 1 aliphatic rings. The number of hydrogen-bond donors (Lipinski definition) is 4. The average Bonchev–Trinajstić information content (AvgIpc) is 2.73. The number of rotatable bonds is 7. The first-order valence-electron chi connectivity index (χ1n) is 8.99. The van der Waals surface area contributed by atoms with Crippen molar-refractivity contribution >= 4 is 40.7 Å². The zero-order valence-electron chi connectivity index (χ0n) is 15.8. The number of thioether (sulfide) groups is 1. The van der Waals surface area contributed by atoms with Gasteiger partial charge in [0, 0.05) is 35.6 Å². The van der Waals surface area contributed by atoms with Gasteiger partial charge in [0.2, 0.25) is 0 Å². The van der Waals surface area contributed by atoms with Crippen molar-refractivity contribution < 1.29 is 28.5 Å². The van der Waals surface area contributed by atoms with E-state index >= 15 is 0 Å². The van der Waals surface area contributed by atoms with Crippen LogP contribution in [0.2, 0.25) is 10.0 Å². The summed E-state index contributed by atoms with van der Waals surface area (Å²) in [5.74, 6) is -1.86. The van der Waals surface area contributed by atoms with Crippen LogP contribution in [0, 0.1) is 11.6 Å². The van der Waals surface area contributed by atoms with E-state index in [9.17, 15) is 19.0 Å². The molecule has 3 rings (SSSR count). The van der Waals surface area contributed by atoms with Gasteiger partial charge in [0.05, 0.1) is 17.3 Å². The second kappa shape index (κ2) is 10.8. The van der Waals surface area contributed by atoms with Gasteiger partial charge in [0.1, 0.15) is 34.3 Å². The second-order valence-electron chi connectivity index (χ2n) is 6.51. The molecule has 31 heavy (non-hydrogen) atoms. The minimum Gasteiger partial charge on any atom is -0.397 e. The van der Waals surface area contributed by atoms with Crippen LogP contribution in [0.15, 0.2) is 41.7 Å². The molecule has 2 heterocycles. The van der Waals surface area contributed by atoms with E-state index in [1.807, 2.05) is 0 Å². The minimum atomic E-state index is -1.34. The molecular formula is C19H19Cl2F2N3O4S. The van der Waals surface area contributed by atoms with Crippen molar-refractivity contribution in [3.05, 3.63) is 64.0 Å². The maximum absolute atomic E-state index is 13.6. The Morgan fingerprint density at radius 3 is 2.55 bits per heavy atom. The molecule has 4 atom stereocenters. The first-order valence-corrected chi connectivity index (χ1v) is 10.6. The van der Waals surface area contributed by atoms with Crippen molar-refractivity contribution in [3.8, 4) is 0 Å². The highest BCUT2D eigenvalue weighted by Gasteiger charge is 2.38. The topological polar surface area (TPSA) is 110 Å². The fourth-order valence-electron chi connectivity index (χ4n) is 2.72. The van der Waals surface area contributed by atoms with Gasteiger partial charge in [-0.05, 0) is 18.2 Å². The highest BCUT2D eigenvalue weighted by Crippen LogP contribution is 2.33. The van der Waals surface area contributed by atoms with Crippen LogP contribution in [-0.2, 0) is 9.47 Å². The molecule has 7 nitrogen and oxygen atoms in total. The quantitative estimate of drug-likeness (QED) is 0.435. The number of hydrogen-bond acceptors (Lipinski definition) is 8. The first kappa shape index (κ1) is 24.0. The predicted octanol–water partition coefficient (Wildman–Crippen LogP) is 2.73. The van der Waals surface area contributed by atoms with Gasteiger partial charge in [-0.3, -0.25) is 4.98 Å². The lowest BCUT2D eigenvalue weighted by molar-refractivity contribution is -0.270. The van der Waals surface area contributed by atoms with E-state index in [1.165, 1.54) is 24.2 Å². The molecule has 1 aromatic heterocycles. The summed E-state index contributed by atoms with van der Waals surface area (Å²) < 4.78 is 38.6. The monoisotopic (exact) mass is 493 g/mol. The van der Waals surface area contributed by atoms with Crippen molar-refractivity contribution in [2.24, 2.45) is 5.73 Å². The van der Waals surface area contributed by atoms with Crippen LogP contribution < -0.4 is 11.1 Å². The normalized spacial score (nSPS) is 24.3. The zero-order valence-corrected chi connectivity index (χ0v) is 18.2. The van der Waals surface area contributed by atoms with Gasteiger partial charge in [-0.1, -0.05) is 35.0 Å². The second-order valence-corrected chi connectivity index (χ2v) is 8.50. The largest absolute Gasteiger partial charge is 0.397 e. The molecule has 12 heteroatoms. The van der Waals surface area contributed by atoms with Gasteiger partial charge in [-0.25, -0.2) is 8.78 Å². The minimum absolute atomic E-state index is 0.0585. The first-order chi connectivity index (χ1) is 14.8. The molecule has 2 aromatic rings. The van der Waals surface area contributed by atoms with Gasteiger partial charge in [0.25, 0.3) is 0 Å². The smallest absolute Gasteiger partial charge is 0.184 e. The number of aromatic nitrogens is 1. The summed E-state index contributed by atoms with van der Waals surface area (Å²) in [6.45, 7) is -0.313. The summed E-state index contributed by atoms with van der Waals surface area (Å²) in [5.41, 5.74) is 5.41. The number of aliphatic hydroxyl groups excluding tert-OH is 2. The summed E-state index contributed by atoms with van der Waals surface area (Å²) in [6.07, 6.45) is 1.47. The average molecular weight is 494 g/mol. The third-order valence-electron chi connectivity index (χ3n) is 4.25. The van der Waals surface area contributed by atoms with E-state index in [1.54, 1.807) is 12.3 Å². The Hall–Kier alpha value is -1.66. The predicted molar refractivity (Wildman–Crippen MR) is 113 cm³/mol. The summed E-state index contributed by atoms with van der Waals surface area (Å²) in [4.78, 5) is 4.70. The molecule has 0 radical (unpaired) electrons. The summed E-state index contributed by atoms with van der Waals surface area (Å²) in [7, 11) is 0. The maximum atomic E-state index is 13.6. The third-order valence-corrected chi connectivity index (χ3v) is 5.96. The van der Waals surface area contributed by atoms with Gasteiger partial charge in [-0.15, -0.1) is 0 Å². The summed E-state index contributed by atoms with van der Waals surface area (Å²) in [5, 5.41) is 22.1. The van der Waals surface area contributed by atoms with Crippen LogP contribution in [0.3, 0.4) is 0 Å². The van der Waals surface area contributed by atoms with E-state index in [0.717, 1.165) is 12.1 Å². The van der Waals surface area contributed by atoms with Gasteiger partial charge >= 0.3 is 0 Å². The molecule has 1 fully saturated rings. The number of nitrogens with one attached hydrogen (secondary N) is 1. The number of halogens is 4. The number of aliphatic hydroxyl groups is 2. The number of benzene rings is 1. The van der Waals surface area contributed by atoms with Crippen LogP contribution in [0.4, 0.5) is 8.78 Å². The number of ether oxygens (including phenoxy) is 2. The Morgan fingerprint density at radius 1 is 1.19 bits per heavy atom. The van der Waals surface area contributed by atoms with E-state index < -0.39 is 47.2 Å². The van der Waals surface area contributed by atoms with E-state index in [4.69, 9.17) is 38.4 Å². The highest BCUT2D eigenvalue weighted by molar-refractivity contribution is 7.99.